The Balaban J connectivity index is 2.81. The van der Waals surface area contributed by atoms with Crippen LogP contribution in [0, 0.1) is 0 Å². The number of aliphatic carboxylic acids is 1. The third kappa shape index (κ3) is 3.94. The van der Waals surface area contributed by atoms with Crippen molar-refractivity contribution in [2.45, 2.75) is 25.7 Å². The van der Waals surface area contributed by atoms with Gasteiger partial charge >= 0.3 is 0 Å². The van der Waals surface area contributed by atoms with Crippen molar-refractivity contribution in [2.24, 2.45) is 0 Å². The maximum absolute atomic E-state index is 11.0. The fraction of sp³-hybridized carbons (Fsp3) is 0.333. The van der Waals surface area contributed by atoms with Crippen LogP contribution in [0.4, 0.5) is 0 Å². The summed E-state index contributed by atoms with van der Waals surface area (Å²) in [7, 11) is 0. The molecule has 0 aliphatic heterocycles. The van der Waals surface area contributed by atoms with Crippen molar-refractivity contribution in [1.29, 1.82) is 0 Å². The molecule has 0 unspecified atom stereocenters. The number of hydrogen-bond acceptors (Lipinski definition) is 3. The molecule has 0 N–H and O–H groups in total. The second kappa shape index (κ2) is 5.29. The molecule has 1 atom stereocenters. The van der Waals surface area contributed by atoms with Gasteiger partial charge in [-0.15, -0.1) is 0 Å². The third-order valence-corrected chi connectivity index (χ3v) is 2.22. The second-order valence-electron chi connectivity index (χ2n) is 3.59. The molecular weight excluding hydrogens is 192 g/mol. The van der Waals surface area contributed by atoms with Crippen molar-refractivity contribution in [3.63, 3.8) is 0 Å². The molecule has 0 saturated carbocycles. The second-order valence-corrected chi connectivity index (χ2v) is 3.59. The molecule has 0 heterocycles. The van der Waals surface area contributed by atoms with Gasteiger partial charge in [-0.1, -0.05) is 30.3 Å². The van der Waals surface area contributed by atoms with Crippen LogP contribution in [-0.2, 0) is 9.59 Å². The number of carbonyl (C=O) groups is 2. The molecule has 0 aliphatic carbocycles. The molecule has 1 rings (SSSR count). The van der Waals surface area contributed by atoms with Gasteiger partial charge in [0.2, 0.25) is 0 Å². The van der Waals surface area contributed by atoms with Gasteiger partial charge in [-0.25, -0.2) is 0 Å². The summed E-state index contributed by atoms with van der Waals surface area (Å²) < 4.78 is 0. The van der Waals surface area contributed by atoms with Crippen LogP contribution >= 0.6 is 0 Å². The van der Waals surface area contributed by atoms with Gasteiger partial charge in [-0.3, -0.25) is 0 Å². The molecule has 0 aliphatic rings. The zero-order valence-electron chi connectivity index (χ0n) is 8.60. The van der Waals surface area contributed by atoms with E-state index in [0.717, 1.165) is 5.56 Å². The number of benzene rings is 1. The minimum Gasteiger partial charge on any atom is -0.550 e. The van der Waals surface area contributed by atoms with Gasteiger partial charge < -0.3 is 14.7 Å². The van der Waals surface area contributed by atoms with Gasteiger partial charge in [0, 0.05) is 12.4 Å². The molecule has 0 saturated heterocycles. The van der Waals surface area contributed by atoms with Gasteiger partial charge in [0.1, 0.15) is 5.78 Å². The summed E-state index contributed by atoms with van der Waals surface area (Å²) >= 11 is 0. The van der Waals surface area contributed by atoms with E-state index in [4.69, 9.17) is 0 Å². The summed E-state index contributed by atoms with van der Waals surface area (Å²) in [5, 5.41) is 10.5. The predicted octanol–water partition coefficient (Wildman–Crippen LogP) is 0.889. The lowest BCUT2D eigenvalue weighted by molar-refractivity contribution is -0.306. The molecule has 0 fully saturated rings. The first-order valence-electron chi connectivity index (χ1n) is 4.84. The molecule has 0 aromatic heterocycles. The van der Waals surface area contributed by atoms with E-state index in [0.29, 0.717) is 0 Å². The smallest absolute Gasteiger partial charge is 0.130 e. The predicted molar refractivity (Wildman–Crippen MR) is 54.1 cm³/mol. The van der Waals surface area contributed by atoms with Gasteiger partial charge in [-0.05, 0) is 24.8 Å². The summed E-state index contributed by atoms with van der Waals surface area (Å²) in [5.74, 6) is -1.40. The van der Waals surface area contributed by atoms with Crippen molar-refractivity contribution in [3.05, 3.63) is 35.9 Å². The number of ketones is 1. The topological polar surface area (TPSA) is 57.2 Å². The standard InChI is InChI=1S/C12H14O3/c1-9(13)7-11(8-12(14)15)10-5-3-2-4-6-10/h2-6,11H,7-8H2,1H3,(H,14,15)/p-1/t11-/m0/s1. The van der Waals surface area contributed by atoms with Gasteiger partial charge in [0.25, 0.3) is 0 Å². The van der Waals surface area contributed by atoms with Gasteiger partial charge in [-0.2, -0.15) is 0 Å². The van der Waals surface area contributed by atoms with E-state index in [9.17, 15) is 14.7 Å². The quantitative estimate of drug-likeness (QED) is 0.717. The fourth-order valence-corrected chi connectivity index (χ4v) is 1.58. The molecule has 80 valence electrons. The number of rotatable bonds is 5. The minimum absolute atomic E-state index is 0.00916. The molecule has 3 heteroatoms. The number of Topliss-reactive ketones (excluding diaryl/α,β-unsaturated/α-hetero) is 1. The number of hydrogen-bond donors (Lipinski definition) is 0. The lowest BCUT2D eigenvalue weighted by atomic mass is 9.91. The highest BCUT2D eigenvalue weighted by Crippen LogP contribution is 2.22. The number of carboxylic acids is 1. The van der Waals surface area contributed by atoms with E-state index >= 15 is 0 Å². The largest absolute Gasteiger partial charge is 0.550 e. The summed E-state index contributed by atoms with van der Waals surface area (Å²) in [5.41, 5.74) is 0.872. The van der Waals surface area contributed by atoms with E-state index in [2.05, 4.69) is 0 Å². The van der Waals surface area contributed by atoms with Crippen LogP contribution in [0.25, 0.3) is 0 Å². The average Bonchev–Trinajstić information content (AvgIpc) is 2.17. The van der Waals surface area contributed by atoms with E-state index in [1.165, 1.54) is 6.92 Å². The fourth-order valence-electron chi connectivity index (χ4n) is 1.58. The first kappa shape index (κ1) is 11.4. The Kier molecular flexibility index (Phi) is 4.03. The molecule has 0 radical (unpaired) electrons. The van der Waals surface area contributed by atoms with Gasteiger partial charge in [0.05, 0.1) is 0 Å². The summed E-state index contributed by atoms with van der Waals surface area (Å²) in [6.07, 6.45) is 0.140. The Labute approximate surface area is 88.7 Å². The van der Waals surface area contributed by atoms with Crippen LogP contribution in [-0.4, -0.2) is 11.8 Å². The van der Waals surface area contributed by atoms with Crippen molar-refractivity contribution in [3.8, 4) is 0 Å². The van der Waals surface area contributed by atoms with Crippen LogP contribution in [0.15, 0.2) is 30.3 Å². The molecule has 3 nitrogen and oxygen atoms in total. The molecule has 1 aromatic carbocycles. The molecule has 15 heavy (non-hydrogen) atoms. The summed E-state index contributed by atoms with van der Waals surface area (Å²) in [6.45, 7) is 1.46. The lowest BCUT2D eigenvalue weighted by Gasteiger charge is -2.16. The molecule has 0 bridgehead atoms. The Morgan fingerprint density at radius 1 is 1.20 bits per heavy atom. The minimum atomic E-state index is -1.12. The zero-order chi connectivity index (χ0) is 11.3. The van der Waals surface area contributed by atoms with Crippen molar-refractivity contribution < 1.29 is 14.7 Å². The van der Waals surface area contributed by atoms with Crippen molar-refractivity contribution in [2.75, 3.05) is 0 Å². The molecule has 0 amide bonds. The Hall–Kier alpha value is -1.64. The van der Waals surface area contributed by atoms with Gasteiger partial charge in [0.15, 0.2) is 0 Å². The first-order valence-corrected chi connectivity index (χ1v) is 4.84. The lowest BCUT2D eigenvalue weighted by Crippen LogP contribution is -2.25. The van der Waals surface area contributed by atoms with E-state index in [-0.39, 0.29) is 24.5 Å². The van der Waals surface area contributed by atoms with Crippen LogP contribution in [0.1, 0.15) is 31.2 Å². The van der Waals surface area contributed by atoms with Crippen molar-refractivity contribution in [1.82, 2.24) is 0 Å². The highest BCUT2D eigenvalue weighted by Gasteiger charge is 2.13. The number of carboxylic acid groups (broad SMARTS) is 1. The van der Waals surface area contributed by atoms with Crippen molar-refractivity contribution >= 4 is 11.8 Å². The van der Waals surface area contributed by atoms with E-state index in [1.807, 2.05) is 30.3 Å². The normalized spacial score (nSPS) is 12.1. The average molecular weight is 205 g/mol. The molecule has 1 aromatic rings. The SMILES string of the molecule is CC(=O)C[C@@H](CC(=O)[O-])c1ccccc1. The summed E-state index contributed by atoms with van der Waals surface area (Å²) in [6, 6.07) is 9.18. The van der Waals surface area contributed by atoms with Crippen LogP contribution in [0.5, 0.6) is 0 Å². The summed E-state index contributed by atoms with van der Waals surface area (Å²) in [4.78, 5) is 21.5. The van der Waals surface area contributed by atoms with Crippen LogP contribution in [0.3, 0.4) is 0 Å². The Morgan fingerprint density at radius 3 is 2.27 bits per heavy atom. The maximum atomic E-state index is 11.0. The first-order chi connectivity index (χ1) is 7.09. The van der Waals surface area contributed by atoms with E-state index < -0.39 is 5.97 Å². The monoisotopic (exact) mass is 205 g/mol. The molecule has 0 spiro atoms. The number of carbonyl (C=O) groups excluding carboxylic acids is 2. The van der Waals surface area contributed by atoms with Crippen LogP contribution < -0.4 is 5.11 Å². The van der Waals surface area contributed by atoms with E-state index in [1.54, 1.807) is 0 Å². The van der Waals surface area contributed by atoms with Crippen LogP contribution in [0.2, 0.25) is 0 Å². The maximum Gasteiger partial charge on any atom is 0.130 e. The molecular formula is C12H13O3-. The Bertz CT molecular complexity index is 327. The highest BCUT2D eigenvalue weighted by atomic mass is 16.4. The zero-order valence-corrected chi connectivity index (χ0v) is 8.60. The highest BCUT2D eigenvalue weighted by molar-refractivity contribution is 5.77. The third-order valence-electron chi connectivity index (χ3n) is 2.22. The Morgan fingerprint density at radius 2 is 1.80 bits per heavy atom.